The van der Waals surface area contributed by atoms with Crippen molar-refractivity contribution < 1.29 is 9.59 Å². The molecule has 94 valence electrons. The maximum Gasteiger partial charge on any atom is 0.224 e. The third-order valence-electron chi connectivity index (χ3n) is 3.23. The zero-order valence-electron chi connectivity index (χ0n) is 10.6. The van der Waals surface area contributed by atoms with Crippen molar-refractivity contribution in [2.75, 3.05) is 13.1 Å². The van der Waals surface area contributed by atoms with E-state index in [1.165, 1.54) is 0 Å². The first-order valence-electron chi connectivity index (χ1n) is 5.75. The van der Waals surface area contributed by atoms with Crippen molar-refractivity contribution in [2.24, 2.45) is 23.0 Å². The molecule has 0 aromatic heterocycles. The van der Waals surface area contributed by atoms with Crippen molar-refractivity contribution in [3.8, 4) is 6.07 Å². The highest BCUT2D eigenvalue weighted by Gasteiger charge is 2.37. The third-order valence-corrected chi connectivity index (χ3v) is 3.23. The largest absolute Gasteiger partial charge is 0.369 e. The van der Waals surface area contributed by atoms with Crippen LogP contribution < -0.4 is 5.73 Å². The summed E-state index contributed by atoms with van der Waals surface area (Å²) in [7, 11) is 0. The summed E-state index contributed by atoms with van der Waals surface area (Å²) in [6.45, 7) is 6.31. The van der Waals surface area contributed by atoms with E-state index in [9.17, 15) is 9.59 Å². The van der Waals surface area contributed by atoms with Gasteiger partial charge in [-0.2, -0.15) is 5.26 Å². The van der Waals surface area contributed by atoms with Gasteiger partial charge in [-0.1, -0.05) is 6.92 Å². The van der Waals surface area contributed by atoms with Gasteiger partial charge in [-0.05, 0) is 19.8 Å². The second-order valence-corrected chi connectivity index (χ2v) is 5.46. The number of carbonyl (C=O) groups is 2. The Morgan fingerprint density at radius 2 is 2.06 bits per heavy atom. The summed E-state index contributed by atoms with van der Waals surface area (Å²) in [6, 6.07) is 2.10. The number of amides is 2. The van der Waals surface area contributed by atoms with Crippen molar-refractivity contribution in [2.45, 2.75) is 27.2 Å². The van der Waals surface area contributed by atoms with Crippen molar-refractivity contribution in [1.29, 1.82) is 5.26 Å². The van der Waals surface area contributed by atoms with Crippen LogP contribution in [-0.2, 0) is 9.59 Å². The molecule has 0 unspecified atom stereocenters. The van der Waals surface area contributed by atoms with Crippen molar-refractivity contribution >= 4 is 11.8 Å². The van der Waals surface area contributed by atoms with Gasteiger partial charge in [0.2, 0.25) is 11.8 Å². The lowest BCUT2D eigenvalue weighted by Gasteiger charge is -2.21. The summed E-state index contributed by atoms with van der Waals surface area (Å²) >= 11 is 0. The van der Waals surface area contributed by atoms with Crippen molar-refractivity contribution in [1.82, 2.24) is 4.90 Å². The van der Waals surface area contributed by atoms with Crippen LogP contribution in [0.4, 0.5) is 0 Å². The molecule has 1 saturated heterocycles. The standard InChI is InChI=1S/C12H19N3O2/c1-8-5-15(6-9(8)11(14)17)10(16)4-12(2,3)7-13/h8-9H,4-6H2,1-3H3,(H2,14,17)/t8-,9-/m1/s1. The van der Waals surface area contributed by atoms with E-state index in [0.29, 0.717) is 13.1 Å². The van der Waals surface area contributed by atoms with Crippen LogP contribution in [-0.4, -0.2) is 29.8 Å². The van der Waals surface area contributed by atoms with Crippen LogP contribution in [0.1, 0.15) is 27.2 Å². The number of hydrogen-bond acceptors (Lipinski definition) is 3. The SMILES string of the molecule is C[C@@H]1CN(C(=O)CC(C)(C)C#N)C[C@H]1C(N)=O. The fourth-order valence-corrected chi connectivity index (χ4v) is 2.07. The van der Waals surface area contributed by atoms with Gasteiger partial charge in [0.15, 0.2) is 0 Å². The maximum atomic E-state index is 12.0. The van der Waals surface area contributed by atoms with Gasteiger partial charge in [-0.15, -0.1) is 0 Å². The molecule has 5 heteroatoms. The first-order valence-corrected chi connectivity index (χ1v) is 5.75. The minimum atomic E-state index is -0.662. The minimum absolute atomic E-state index is 0.0767. The van der Waals surface area contributed by atoms with Gasteiger partial charge in [0.1, 0.15) is 0 Å². The molecule has 0 spiro atoms. The van der Waals surface area contributed by atoms with E-state index in [1.54, 1.807) is 18.7 Å². The molecule has 1 rings (SSSR count). The molecular weight excluding hydrogens is 218 g/mol. The molecule has 17 heavy (non-hydrogen) atoms. The number of primary amides is 1. The van der Waals surface area contributed by atoms with Crippen LogP contribution in [0.5, 0.6) is 0 Å². The maximum absolute atomic E-state index is 12.0. The highest BCUT2D eigenvalue weighted by molar-refractivity contribution is 5.81. The number of nitrogens with zero attached hydrogens (tertiary/aromatic N) is 2. The Morgan fingerprint density at radius 3 is 2.47 bits per heavy atom. The van der Waals surface area contributed by atoms with Crippen LogP contribution in [0.2, 0.25) is 0 Å². The summed E-state index contributed by atoms with van der Waals surface area (Å²) in [4.78, 5) is 24.7. The molecule has 0 saturated carbocycles. The number of nitriles is 1. The van der Waals surface area contributed by atoms with Gasteiger partial charge in [0.05, 0.1) is 17.4 Å². The predicted molar refractivity (Wildman–Crippen MR) is 62.4 cm³/mol. The highest BCUT2D eigenvalue weighted by Crippen LogP contribution is 2.26. The van der Waals surface area contributed by atoms with Crippen LogP contribution in [0, 0.1) is 28.6 Å². The van der Waals surface area contributed by atoms with E-state index in [0.717, 1.165) is 0 Å². The summed E-state index contributed by atoms with van der Waals surface area (Å²) in [5.41, 5.74) is 4.61. The third kappa shape index (κ3) is 3.19. The summed E-state index contributed by atoms with van der Waals surface area (Å²) in [6.07, 6.45) is 0.182. The number of nitrogens with two attached hydrogens (primary N) is 1. The number of rotatable bonds is 3. The van der Waals surface area contributed by atoms with E-state index in [4.69, 9.17) is 11.0 Å². The predicted octanol–water partition coefficient (Wildman–Crippen LogP) is 0.506. The number of carbonyl (C=O) groups excluding carboxylic acids is 2. The molecule has 1 aliphatic rings. The second-order valence-electron chi connectivity index (χ2n) is 5.46. The van der Waals surface area contributed by atoms with Gasteiger partial charge in [-0.3, -0.25) is 9.59 Å². The Hall–Kier alpha value is -1.57. The van der Waals surface area contributed by atoms with Gasteiger partial charge < -0.3 is 10.6 Å². The smallest absolute Gasteiger partial charge is 0.224 e. The molecule has 0 aromatic rings. The van der Waals surface area contributed by atoms with Gasteiger partial charge in [0.25, 0.3) is 0 Å². The highest BCUT2D eigenvalue weighted by atomic mass is 16.2. The van der Waals surface area contributed by atoms with Gasteiger partial charge >= 0.3 is 0 Å². The summed E-state index contributed by atoms with van der Waals surface area (Å²) in [5, 5.41) is 8.88. The minimum Gasteiger partial charge on any atom is -0.369 e. The molecule has 1 heterocycles. The van der Waals surface area contributed by atoms with Crippen LogP contribution >= 0.6 is 0 Å². The van der Waals surface area contributed by atoms with Crippen molar-refractivity contribution in [3.63, 3.8) is 0 Å². The zero-order valence-corrected chi connectivity index (χ0v) is 10.6. The summed E-state index contributed by atoms with van der Waals surface area (Å²) < 4.78 is 0. The monoisotopic (exact) mass is 237 g/mol. The number of likely N-dealkylation sites (tertiary alicyclic amines) is 1. The molecule has 1 fully saturated rings. The van der Waals surface area contributed by atoms with Crippen LogP contribution in [0.15, 0.2) is 0 Å². The van der Waals surface area contributed by atoms with Crippen LogP contribution in [0.25, 0.3) is 0 Å². The first-order chi connectivity index (χ1) is 7.76. The van der Waals surface area contributed by atoms with E-state index < -0.39 is 5.41 Å². The van der Waals surface area contributed by atoms with E-state index in [-0.39, 0.29) is 30.1 Å². The van der Waals surface area contributed by atoms with E-state index in [2.05, 4.69) is 6.07 Å². The quantitative estimate of drug-likeness (QED) is 0.775. The lowest BCUT2D eigenvalue weighted by molar-refractivity contribution is -0.132. The fraction of sp³-hybridized carbons (Fsp3) is 0.750. The zero-order chi connectivity index (χ0) is 13.2. The number of hydrogen-bond donors (Lipinski definition) is 1. The molecule has 5 nitrogen and oxygen atoms in total. The average molecular weight is 237 g/mol. The first kappa shape index (κ1) is 13.5. The molecule has 0 radical (unpaired) electrons. The topological polar surface area (TPSA) is 87.2 Å². The molecule has 0 aliphatic carbocycles. The Bertz CT molecular complexity index is 370. The Labute approximate surface area is 102 Å². The molecule has 0 aromatic carbocycles. The molecular formula is C12H19N3O2. The molecule has 2 atom stereocenters. The van der Waals surface area contributed by atoms with E-state index >= 15 is 0 Å². The van der Waals surface area contributed by atoms with Gasteiger partial charge in [-0.25, -0.2) is 0 Å². The lowest BCUT2D eigenvalue weighted by Crippen LogP contribution is -2.34. The summed E-state index contributed by atoms with van der Waals surface area (Å²) in [5.74, 6) is -0.592. The molecule has 2 amide bonds. The molecule has 2 N–H and O–H groups in total. The Kier molecular flexibility index (Phi) is 3.76. The second kappa shape index (κ2) is 4.74. The Morgan fingerprint density at radius 1 is 1.47 bits per heavy atom. The van der Waals surface area contributed by atoms with Crippen LogP contribution in [0.3, 0.4) is 0 Å². The normalized spacial score (nSPS) is 24.5. The fourth-order valence-electron chi connectivity index (χ4n) is 2.07. The van der Waals surface area contributed by atoms with E-state index in [1.807, 2.05) is 6.92 Å². The lowest BCUT2D eigenvalue weighted by atomic mass is 9.91. The van der Waals surface area contributed by atoms with Gasteiger partial charge in [0, 0.05) is 19.5 Å². The molecule has 0 bridgehead atoms. The average Bonchev–Trinajstić information content (AvgIpc) is 2.60. The Balaban J connectivity index is 2.63. The van der Waals surface area contributed by atoms with Crippen molar-refractivity contribution in [3.05, 3.63) is 0 Å². The molecule has 1 aliphatic heterocycles.